The van der Waals surface area contributed by atoms with Crippen LogP contribution in [0.3, 0.4) is 0 Å². The first-order valence-electron chi connectivity index (χ1n) is 9.59. The van der Waals surface area contributed by atoms with Crippen LogP contribution < -0.4 is 4.74 Å². The molecule has 4 heteroatoms. The number of esters is 1. The molecule has 0 unspecified atom stereocenters. The van der Waals surface area contributed by atoms with E-state index < -0.39 is 0 Å². The number of hydrogen-bond donors (Lipinski definition) is 0. The van der Waals surface area contributed by atoms with E-state index in [1.54, 1.807) is 18.5 Å². The van der Waals surface area contributed by atoms with Crippen LogP contribution in [0, 0.1) is 0 Å². The van der Waals surface area contributed by atoms with E-state index in [1.807, 2.05) is 18.2 Å². The van der Waals surface area contributed by atoms with Crippen molar-refractivity contribution in [1.82, 2.24) is 4.98 Å². The van der Waals surface area contributed by atoms with E-state index in [0.29, 0.717) is 18.1 Å². The minimum absolute atomic E-state index is 0.308. The van der Waals surface area contributed by atoms with Crippen LogP contribution in [0.15, 0.2) is 67.0 Å². The molecule has 0 saturated heterocycles. The molecule has 142 valence electrons. The van der Waals surface area contributed by atoms with Gasteiger partial charge in [-0.15, -0.1) is 0 Å². The molecule has 0 aliphatic carbocycles. The standard InChI is InChI=1S/C24H23NO3/c1-27-24(26)22-11-13-25-16-20(22)8-7-18-12-14-28-23-15-19(9-10-21(18)23)17-5-3-2-4-6-17/h2-6,9-11,13,15-16,18H,7-8,12,14H2,1H3/t18-/m0/s1. The number of carbonyl (C=O) groups is 1. The monoisotopic (exact) mass is 373 g/mol. The minimum Gasteiger partial charge on any atom is -0.493 e. The van der Waals surface area contributed by atoms with Gasteiger partial charge in [0.05, 0.1) is 19.3 Å². The number of carbonyl (C=O) groups excluding carboxylic acids is 1. The van der Waals surface area contributed by atoms with E-state index in [9.17, 15) is 4.79 Å². The molecule has 2 heterocycles. The lowest BCUT2D eigenvalue weighted by molar-refractivity contribution is 0.0599. The van der Waals surface area contributed by atoms with Crippen molar-refractivity contribution in [3.05, 3.63) is 83.7 Å². The fraction of sp³-hybridized carbons (Fsp3) is 0.250. The molecule has 3 aromatic rings. The van der Waals surface area contributed by atoms with Gasteiger partial charge in [-0.25, -0.2) is 4.79 Å². The summed E-state index contributed by atoms with van der Waals surface area (Å²) in [5, 5.41) is 0. The zero-order chi connectivity index (χ0) is 19.3. The second-order valence-corrected chi connectivity index (χ2v) is 7.02. The quantitative estimate of drug-likeness (QED) is 0.588. The maximum Gasteiger partial charge on any atom is 0.338 e. The summed E-state index contributed by atoms with van der Waals surface area (Å²) in [5.41, 5.74) is 5.14. The lowest BCUT2D eigenvalue weighted by Crippen LogP contribution is -2.15. The highest BCUT2D eigenvalue weighted by atomic mass is 16.5. The Kier molecular flexibility index (Phi) is 5.38. The number of pyridine rings is 1. The van der Waals surface area contributed by atoms with Crippen LogP contribution in [-0.2, 0) is 11.2 Å². The molecule has 0 saturated carbocycles. The smallest absolute Gasteiger partial charge is 0.338 e. The molecular formula is C24H23NO3. The lowest BCUT2D eigenvalue weighted by atomic mass is 9.86. The molecule has 0 fully saturated rings. The summed E-state index contributed by atoms with van der Waals surface area (Å²) in [7, 11) is 1.41. The van der Waals surface area contributed by atoms with Gasteiger partial charge in [0.25, 0.3) is 0 Å². The van der Waals surface area contributed by atoms with Gasteiger partial charge in [0, 0.05) is 12.4 Å². The summed E-state index contributed by atoms with van der Waals surface area (Å²) in [4.78, 5) is 16.2. The first-order chi connectivity index (χ1) is 13.8. The molecule has 1 aliphatic rings. The summed E-state index contributed by atoms with van der Waals surface area (Å²) >= 11 is 0. The molecule has 4 nitrogen and oxygen atoms in total. The van der Waals surface area contributed by atoms with Crippen LogP contribution in [-0.4, -0.2) is 24.7 Å². The van der Waals surface area contributed by atoms with Crippen LogP contribution in [0.4, 0.5) is 0 Å². The third kappa shape index (κ3) is 3.77. The lowest BCUT2D eigenvalue weighted by Gasteiger charge is -2.26. The summed E-state index contributed by atoms with van der Waals surface area (Å²) < 4.78 is 10.9. The summed E-state index contributed by atoms with van der Waals surface area (Å²) in [6, 6.07) is 18.6. The molecule has 28 heavy (non-hydrogen) atoms. The van der Waals surface area contributed by atoms with Crippen molar-refractivity contribution in [3.63, 3.8) is 0 Å². The van der Waals surface area contributed by atoms with Gasteiger partial charge in [0.1, 0.15) is 5.75 Å². The SMILES string of the molecule is COC(=O)c1ccncc1CC[C@H]1CCOc2cc(-c3ccccc3)ccc21. The Hall–Kier alpha value is -3.14. The first kappa shape index (κ1) is 18.2. The molecule has 0 amide bonds. The number of nitrogens with zero attached hydrogens (tertiary/aromatic N) is 1. The predicted molar refractivity (Wildman–Crippen MR) is 109 cm³/mol. The van der Waals surface area contributed by atoms with Gasteiger partial charge < -0.3 is 9.47 Å². The Morgan fingerprint density at radius 2 is 2.00 bits per heavy atom. The number of aromatic nitrogens is 1. The molecule has 0 N–H and O–H groups in total. The van der Waals surface area contributed by atoms with Crippen molar-refractivity contribution in [1.29, 1.82) is 0 Å². The molecule has 0 spiro atoms. The second kappa shape index (κ2) is 8.26. The van der Waals surface area contributed by atoms with Crippen LogP contribution in [0.1, 0.15) is 40.2 Å². The predicted octanol–water partition coefficient (Wildman–Crippen LogP) is 5.03. The number of aryl methyl sites for hydroxylation is 1. The fourth-order valence-corrected chi connectivity index (χ4v) is 3.84. The van der Waals surface area contributed by atoms with Crippen molar-refractivity contribution in [3.8, 4) is 16.9 Å². The van der Waals surface area contributed by atoms with Crippen molar-refractivity contribution in [2.24, 2.45) is 0 Å². The van der Waals surface area contributed by atoms with Crippen LogP contribution in [0.5, 0.6) is 5.75 Å². The van der Waals surface area contributed by atoms with E-state index in [1.165, 1.54) is 23.8 Å². The highest BCUT2D eigenvalue weighted by molar-refractivity contribution is 5.90. The minimum atomic E-state index is -0.308. The third-order valence-electron chi connectivity index (χ3n) is 5.36. The molecule has 0 bridgehead atoms. The number of methoxy groups -OCH3 is 1. The largest absolute Gasteiger partial charge is 0.493 e. The third-order valence-corrected chi connectivity index (χ3v) is 5.36. The van der Waals surface area contributed by atoms with Gasteiger partial charge in [-0.2, -0.15) is 0 Å². The van der Waals surface area contributed by atoms with Gasteiger partial charge in [-0.1, -0.05) is 42.5 Å². The molecule has 2 aromatic carbocycles. The maximum atomic E-state index is 12.0. The number of hydrogen-bond acceptors (Lipinski definition) is 4. The first-order valence-corrected chi connectivity index (χ1v) is 9.59. The van der Waals surface area contributed by atoms with E-state index >= 15 is 0 Å². The maximum absolute atomic E-state index is 12.0. The van der Waals surface area contributed by atoms with Crippen molar-refractivity contribution in [2.45, 2.75) is 25.2 Å². The Labute approximate surface area is 165 Å². The van der Waals surface area contributed by atoms with Crippen molar-refractivity contribution < 1.29 is 14.3 Å². The van der Waals surface area contributed by atoms with Crippen LogP contribution in [0.2, 0.25) is 0 Å². The van der Waals surface area contributed by atoms with Gasteiger partial charge in [-0.3, -0.25) is 4.98 Å². The number of benzene rings is 2. The molecule has 4 rings (SSSR count). The number of ether oxygens (including phenoxy) is 2. The molecule has 1 aliphatic heterocycles. The van der Waals surface area contributed by atoms with E-state index in [0.717, 1.165) is 30.6 Å². The van der Waals surface area contributed by atoms with Gasteiger partial charge in [0.2, 0.25) is 0 Å². The highest BCUT2D eigenvalue weighted by Crippen LogP contribution is 2.39. The van der Waals surface area contributed by atoms with Gasteiger partial charge in [-0.05, 0) is 59.6 Å². The number of rotatable bonds is 5. The topological polar surface area (TPSA) is 48.4 Å². The summed E-state index contributed by atoms with van der Waals surface area (Å²) in [6.07, 6.45) is 6.10. The molecule has 1 atom stereocenters. The second-order valence-electron chi connectivity index (χ2n) is 7.02. The zero-order valence-electron chi connectivity index (χ0n) is 15.9. The van der Waals surface area contributed by atoms with Crippen LogP contribution in [0.25, 0.3) is 11.1 Å². The normalized spacial score (nSPS) is 15.4. The molecular weight excluding hydrogens is 350 g/mol. The Balaban J connectivity index is 1.54. The van der Waals surface area contributed by atoms with E-state index in [-0.39, 0.29) is 5.97 Å². The zero-order valence-corrected chi connectivity index (χ0v) is 15.9. The number of fused-ring (bicyclic) bond motifs is 1. The van der Waals surface area contributed by atoms with Crippen LogP contribution >= 0.6 is 0 Å². The van der Waals surface area contributed by atoms with E-state index in [2.05, 4.69) is 35.3 Å². The van der Waals surface area contributed by atoms with Crippen molar-refractivity contribution in [2.75, 3.05) is 13.7 Å². The molecule has 0 radical (unpaired) electrons. The molecule has 1 aromatic heterocycles. The fourth-order valence-electron chi connectivity index (χ4n) is 3.84. The average molecular weight is 373 g/mol. The van der Waals surface area contributed by atoms with Gasteiger partial charge in [0.15, 0.2) is 0 Å². The van der Waals surface area contributed by atoms with Gasteiger partial charge >= 0.3 is 5.97 Å². The Bertz CT molecular complexity index is 969. The highest BCUT2D eigenvalue weighted by Gasteiger charge is 2.23. The Morgan fingerprint density at radius 3 is 2.82 bits per heavy atom. The van der Waals surface area contributed by atoms with Crippen molar-refractivity contribution >= 4 is 5.97 Å². The van der Waals surface area contributed by atoms with E-state index in [4.69, 9.17) is 9.47 Å². The average Bonchev–Trinajstić information content (AvgIpc) is 2.77. The summed E-state index contributed by atoms with van der Waals surface area (Å²) in [5.74, 6) is 1.06. The Morgan fingerprint density at radius 1 is 1.14 bits per heavy atom. The summed E-state index contributed by atoms with van der Waals surface area (Å²) in [6.45, 7) is 0.715.